The standard InChI is InChI=1S/C22H25N5O5/c1-30-13-5-6-17-16(9-13)24-20(29)12-27(17)21-14-10-18(31-2)19(32-3)11-15(14)25-22(26-21)23-7-4-8-28/h5-6,9-11,28H,4,7-8,12H2,1-3H3,(H,24,29)(H,23,25,26). The average Bonchev–Trinajstić information content (AvgIpc) is 2.81. The van der Waals surface area contributed by atoms with Crippen molar-refractivity contribution < 1.29 is 24.1 Å². The first-order valence-corrected chi connectivity index (χ1v) is 10.1. The predicted molar refractivity (Wildman–Crippen MR) is 121 cm³/mol. The van der Waals surface area contributed by atoms with Gasteiger partial charge in [-0.3, -0.25) is 4.79 Å². The molecule has 4 rings (SSSR count). The lowest BCUT2D eigenvalue weighted by Gasteiger charge is -2.31. The second-order valence-corrected chi connectivity index (χ2v) is 7.12. The summed E-state index contributed by atoms with van der Waals surface area (Å²) < 4.78 is 16.2. The van der Waals surface area contributed by atoms with Crippen molar-refractivity contribution in [1.82, 2.24) is 9.97 Å². The summed E-state index contributed by atoms with van der Waals surface area (Å²) in [5.74, 6) is 2.46. The van der Waals surface area contributed by atoms with Crippen LogP contribution in [0.25, 0.3) is 10.9 Å². The molecule has 3 N–H and O–H groups in total. The molecule has 0 aliphatic carbocycles. The zero-order valence-electron chi connectivity index (χ0n) is 18.1. The Hall–Kier alpha value is -3.79. The monoisotopic (exact) mass is 439 g/mol. The SMILES string of the molecule is COc1ccc2c(c1)NC(=O)CN2c1nc(NCCCO)nc2cc(OC)c(OC)cc12. The van der Waals surface area contributed by atoms with Crippen molar-refractivity contribution in [1.29, 1.82) is 0 Å². The highest BCUT2D eigenvalue weighted by atomic mass is 16.5. The molecule has 0 unspecified atom stereocenters. The third-order valence-corrected chi connectivity index (χ3v) is 5.12. The second-order valence-electron chi connectivity index (χ2n) is 7.12. The lowest BCUT2D eigenvalue weighted by atomic mass is 10.1. The van der Waals surface area contributed by atoms with Gasteiger partial charge >= 0.3 is 0 Å². The molecule has 168 valence electrons. The van der Waals surface area contributed by atoms with Gasteiger partial charge in [0.15, 0.2) is 11.5 Å². The molecule has 1 aromatic heterocycles. The van der Waals surface area contributed by atoms with Crippen LogP contribution in [0.4, 0.5) is 23.1 Å². The second kappa shape index (κ2) is 9.15. The number of hydrogen-bond donors (Lipinski definition) is 3. The lowest BCUT2D eigenvalue weighted by molar-refractivity contribution is -0.115. The van der Waals surface area contributed by atoms with Crippen LogP contribution in [-0.4, -0.2) is 62.0 Å². The molecule has 1 aliphatic heterocycles. The number of carbonyl (C=O) groups is 1. The first-order valence-electron chi connectivity index (χ1n) is 10.1. The highest BCUT2D eigenvalue weighted by molar-refractivity contribution is 6.06. The lowest BCUT2D eigenvalue weighted by Crippen LogP contribution is -2.35. The minimum absolute atomic E-state index is 0.0555. The van der Waals surface area contributed by atoms with Crippen molar-refractivity contribution in [2.75, 3.05) is 56.6 Å². The molecule has 10 heteroatoms. The van der Waals surface area contributed by atoms with E-state index >= 15 is 0 Å². The molecule has 0 saturated carbocycles. The molecule has 0 radical (unpaired) electrons. The van der Waals surface area contributed by atoms with E-state index in [1.54, 1.807) is 39.5 Å². The molecular formula is C22H25N5O5. The fourth-order valence-corrected chi connectivity index (χ4v) is 3.59. The Kier molecular flexibility index (Phi) is 6.13. The van der Waals surface area contributed by atoms with Crippen LogP contribution in [0.1, 0.15) is 6.42 Å². The number of hydrogen-bond acceptors (Lipinski definition) is 9. The summed E-state index contributed by atoms with van der Waals surface area (Å²) in [6, 6.07) is 9.05. The first-order chi connectivity index (χ1) is 15.6. The molecule has 32 heavy (non-hydrogen) atoms. The van der Waals surface area contributed by atoms with E-state index in [1.807, 2.05) is 17.0 Å². The van der Waals surface area contributed by atoms with Crippen LogP contribution in [0.3, 0.4) is 0 Å². The van der Waals surface area contributed by atoms with Crippen LogP contribution < -0.4 is 29.7 Å². The van der Waals surface area contributed by atoms with Gasteiger partial charge in [0.2, 0.25) is 11.9 Å². The molecule has 2 aromatic carbocycles. The summed E-state index contributed by atoms with van der Waals surface area (Å²) in [4.78, 5) is 23.7. The van der Waals surface area contributed by atoms with Gasteiger partial charge in [0.25, 0.3) is 0 Å². The van der Waals surface area contributed by atoms with Gasteiger partial charge in [-0.15, -0.1) is 0 Å². The molecule has 0 atom stereocenters. The third kappa shape index (κ3) is 4.04. The van der Waals surface area contributed by atoms with Crippen LogP contribution >= 0.6 is 0 Å². The van der Waals surface area contributed by atoms with E-state index in [0.29, 0.717) is 58.6 Å². The molecular weight excluding hydrogens is 414 g/mol. The number of aliphatic hydroxyl groups is 1. The van der Waals surface area contributed by atoms with Crippen molar-refractivity contribution in [3.05, 3.63) is 30.3 Å². The van der Waals surface area contributed by atoms with E-state index in [4.69, 9.17) is 24.3 Å². The molecule has 10 nitrogen and oxygen atoms in total. The number of aromatic nitrogens is 2. The van der Waals surface area contributed by atoms with Crippen LogP contribution in [0.5, 0.6) is 17.2 Å². The minimum atomic E-state index is -0.173. The molecule has 0 fully saturated rings. The zero-order valence-corrected chi connectivity index (χ0v) is 18.1. The topological polar surface area (TPSA) is 118 Å². The van der Waals surface area contributed by atoms with Gasteiger partial charge in [0, 0.05) is 30.7 Å². The van der Waals surface area contributed by atoms with Crippen molar-refractivity contribution in [2.45, 2.75) is 6.42 Å². The molecule has 0 bridgehead atoms. The van der Waals surface area contributed by atoms with Gasteiger partial charge < -0.3 is 34.9 Å². The van der Waals surface area contributed by atoms with Crippen LogP contribution in [0, 0.1) is 0 Å². The van der Waals surface area contributed by atoms with Crippen molar-refractivity contribution in [3.8, 4) is 17.2 Å². The van der Waals surface area contributed by atoms with Crippen LogP contribution in [0.2, 0.25) is 0 Å². The summed E-state index contributed by atoms with van der Waals surface area (Å²) in [5, 5.41) is 15.8. The average molecular weight is 439 g/mol. The van der Waals surface area contributed by atoms with E-state index in [0.717, 1.165) is 5.69 Å². The summed E-state index contributed by atoms with van der Waals surface area (Å²) in [6.45, 7) is 0.638. The smallest absolute Gasteiger partial charge is 0.244 e. The van der Waals surface area contributed by atoms with Gasteiger partial charge in [-0.25, -0.2) is 4.98 Å². The number of fused-ring (bicyclic) bond motifs is 2. The van der Waals surface area contributed by atoms with Crippen molar-refractivity contribution in [2.24, 2.45) is 0 Å². The fraction of sp³-hybridized carbons (Fsp3) is 0.318. The fourth-order valence-electron chi connectivity index (χ4n) is 3.59. The number of carbonyl (C=O) groups excluding carboxylic acids is 1. The molecule has 1 amide bonds. The van der Waals surface area contributed by atoms with E-state index < -0.39 is 0 Å². The maximum absolute atomic E-state index is 12.5. The first kappa shape index (κ1) is 21.4. The third-order valence-electron chi connectivity index (χ3n) is 5.12. The summed E-state index contributed by atoms with van der Waals surface area (Å²) in [6.07, 6.45) is 0.553. The Morgan fingerprint density at radius 1 is 1.09 bits per heavy atom. The largest absolute Gasteiger partial charge is 0.497 e. The van der Waals surface area contributed by atoms with E-state index in [9.17, 15) is 4.79 Å². The number of nitrogens with one attached hydrogen (secondary N) is 2. The summed E-state index contributed by atoms with van der Waals surface area (Å²) in [7, 11) is 4.70. The highest BCUT2D eigenvalue weighted by Gasteiger charge is 2.27. The van der Waals surface area contributed by atoms with Crippen LogP contribution in [0.15, 0.2) is 30.3 Å². The highest BCUT2D eigenvalue weighted by Crippen LogP contribution is 2.41. The Balaban J connectivity index is 1.91. The predicted octanol–water partition coefficient (Wildman–Crippen LogP) is 2.54. The Morgan fingerprint density at radius 3 is 2.59 bits per heavy atom. The maximum atomic E-state index is 12.5. The van der Waals surface area contributed by atoms with Crippen molar-refractivity contribution in [3.63, 3.8) is 0 Å². The minimum Gasteiger partial charge on any atom is -0.497 e. The van der Waals surface area contributed by atoms with Gasteiger partial charge in [-0.2, -0.15) is 4.98 Å². The Labute approximate surface area is 185 Å². The molecule has 1 aliphatic rings. The normalized spacial score (nSPS) is 12.9. The van der Waals surface area contributed by atoms with Gasteiger partial charge in [0.05, 0.1) is 38.2 Å². The van der Waals surface area contributed by atoms with Gasteiger partial charge in [-0.05, 0) is 24.6 Å². The van der Waals surface area contributed by atoms with Gasteiger partial charge in [-0.1, -0.05) is 0 Å². The maximum Gasteiger partial charge on any atom is 0.244 e. The molecule has 0 saturated heterocycles. The van der Waals surface area contributed by atoms with E-state index in [-0.39, 0.29) is 19.1 Å². The number of amides is 1. The van der Waals surface area contributed by atoms with Crippen LogP contribution in [-0.2, 0) is 4.79 Å². The Bertz CT molecular complexity index is 1150. The number of aliphatic hydroxyl groups excluding tert-OH is 1. The van der Waals surface area contributed by atoms with E-state index in [1.165, 1.54) is 0 Å². The number of nitrogens with zero attached hydrogens (tertiary/aromatic N) is 3. The molecule has 2 heterocycles. The van der Waals surface area contributed by atoms with Gasteiger partial charge in [0.1, 0.15) is 18.1 Å². The quantitative estimate of drug-likeness (QED) is 0.455. The summed E-state index contributed by atoms with van der Waals surface area (Å²) >= 11 is 0. The zero-order chi connectivity index (χ0) is 22.7. The molecule has 3 aromatic rings. The number of methoxy groups -OCH3 is 3. The number of anilines is 4. The van der Waals surface area contributed by atoms with Crippen molar-refractivity contribution >= 4 is 40.0 Å². The number of benzene rings is 2. The molecule has 0 spiro atoms. The number of ether oxygens (including phenoxy) is 3. The van der Waals surface area contributed by atoms with E-state index in [2.05, 4.69) is 15.6 Å². The number of rotatable bonds is 8. The Morgan fingerprint density at radius 2 is 1.88 bits per heavy atom. The summed E-state index contributed by atoms with van der Waals surface area (Å²) in [5.41, 5.74) is 2.03.